The number of carboxylic acid groups (broad SMARTS) is 1. The monoisotopic (exact) mass is 305 g/mol. The standard InChI is InChI=1S/C16H19NO5/c18-15(17-7-8-21-14(9-17)16(19)20)12-3-5-13(6-4-12)22-10-11-1-2-11/h3-6,11,14H,1-2,7-10H2,(H,19,20)/t14-/m0/s1. The van der Waals surface area contributed by atoms with Crippen molar-refractivity contribution in [1.82, 2.24) is 4.90 Å². The first-order valence-electron chi connectivity index (χ1n) is 7.50. The van der Waals surface area contributed by atoms with E-state index < -0.39 is 12.1 Å². The smallest absolute Gasteiger partial charge is 0.334 e. The van der Waals surface area contributed by atoms with E-state index in [1.807, 2.05) is 0 Å². The molecule has 1 saturated carbocycles. The molecule has 1 saturated heterocycles. The number of morpholine rings is 1. The van der Waals surface area contributed by atoms with E-state index in [2.05, 4.69) is 0 Å². The second-order valence-electron chi connectivity index (χ2n) is 5.73. The van der Waals surface area contributed by atoms with Gasteiger partial charge in [-0.15, -0.1) is 0 Å². The number of carboxylic acids is 1. The number of ether oxygens (including phenoxy) is 2. The molecule has 1 heterocycles. The summed E-state index contributed by atoms with van der Waals surface area (Å²) >= 11 is 0. The van der Waals surface area contributed by atoms with Gasteiger partial charge in [-0.05, 0) is 43.0 Å². The highest BCUT2D eigenvalue weighted by molar-refractivity contribution is 5.94. The van der Waals surface area contributed by atoms with Crippen LogP contribution in [0.2, 0.25) is 0 Å². The van der Waals surface area contributed by atoms with E-state index >= 15 is 0 Å². The highest BCUT2D eigenvalue weighted by Crippen LogP contribution is 2.29. The molecule has 2 fully saturated rings. The van der Waals surface area contributed by atoms with Gasteiger partial charge in [-0.25, -0.2) is 4.79 Å². The SMILES string of the molecule is O=C(O)[C@@H]1CN(C(=O)c2ccc(OCC3CC3)cc2)CCO1. The second-order valence-corrected chi connectivity index (χ2v) is 5.73. The highest BCUT2D eigenvalue weighted by Gasteiger charge is 2.29. The van der Waals surface area contributed by atoms with E-state index in [9.17, 15) is 9.59 Å². The fourth-order valence-electron chi connectivity index (χ4n) is 2.36. The maximum atomic E-state index is 12.4. The Balaban J connectivity index is 1.59. The van der Waals surface area contributed by atoms with Gasteiger partial charge in [0.05, 0.1) is 19.8 Å². The van der Waals surface area contributed by atoms with Crippen LogP contribution in [-0.2, 0) is 9.53 Å². The summed E-state index contributed by atoms with van der Waals surface area (Å²) in [5.74, 6) is 0.223. The van der Waals surface area contributed by atoms with Crippen molar-refractivity contribution >= 4 is 11.9 Å². The Hall–Kier alpha value is -2.08. The van der Waals surface area contributed by atoms with Crippen LogP contribution < -0.4 is 4.74 Å². The van der Waals surface area contributed by atoms with Crippen molar-refractivity contribution in [2.75, 3.05) is 26.3 Å². The van der Waals surface area contributed by atoms with E-state index in [1.165, 1.54) is 17.7 Å². The summed E-state index contributed by atoms with van der Waals surface area (Å²) in [6, 6.07) is 7.00. The Kier molecular flexibility index (Phi) is 4.29. The van der Waals surface area contributed by atoms with Crippen molar-refractivity contribution in [3.63, 3.8) is 0 Å². The van der Waals surface area contributed by atoms with Crippen LogP contribution in [0.4, 0.5) is 0 Å². The normalized spacial score (nSPS) is 21.5. The van der Waals surface area contributed by atoms with Crippen molar-refractivity contribution in [3.05, 3.63) is 29.8 Å². The van der Waals surface area contributed by atoms with E-state index in [0.29, 0.717) is 18.0 Å². The van der Waals surface area contributed by atoms with Crippen LogP contribution in [0.15, 0.2) is 24.3 Å². The minimum absolute atomic E-state index is 0.0775. The summed E-state index contributed by atoms with van der Waals surface area (Å²) in [5.41, 5.74) is 0.532. The molecule has 1 aliphatic carbocycles. The Morgan fingerprint density at radius 1 is 1.27 bits per heavy atom. The molecule has 118 valence electrons. The molecule has 0 radical (unpaired) electrons. The van der Waals surface area contributed by atoms with Gasteiger partial charge in [0.2, 0.25) is 0 Å². The van der Waals surface area contributed by atoms with Crippen molar-refractivity contribution in [3.8, 4) is 5.75 Å². The second kappa shape index (κ2) is 6.36. The summed E-state index contributed by atoms with van der Waals surface area (Å²) in [7, 11) is 0. The van der Waals surface area contributed by atoms with Gasteiger partial charge in [-0.3, -0.25) is 4.79 Å². The molecule has 0 aromatic heterocycles. The Labute approximate surface area is 128 Å². The predicted molar refractivity (Wildman–Crippen MR) is 77.9 cm³/mol. The first-order valence-corrected chi connectivity index (χ1v) is 7.50. The molecule has 1 atom stereocenters. The summed E-state index contributed by atoms with van der Waals surface area (Å²) in [6.45, 7) is 1.46. The molecule has 2 aliphatic rings. The quantitative estimate of drug-likeness (QED) is 0.890. The Morgan fingerprint density at radius 2 is 2.00 bits per heavy atom. The summed E-state index contributed by atoms with van der Waals surface area (Å²) in [4.78, 5) is 24.9. The third kappa shape index (κ3) is 3.57. The average molecular weight is 305 g/mol. The summed E-state index contributed by atoms with van der Waals surface area (Å²) in [6.07, 6.45) is 1.52. The van der Waals surface area contributed by atoms with E-state index in [4.69, 9.17) is 14.6 Å². The van der Waals surface area contributed by atoms with Crippen molar-refractivity contribution < 1.29 is 24.2 Å². The van der Waals surface area contributed by atoms with Gasteiger partial charge in [0.15, 0.2) is 6.10 Å². The lowest BCUT2D eigenvalue weighted by Gasteiger charge is -2.30. The van der Waals surface area contributed by atoms with Crippen LogP contribution in [-0.4, -0.2) is 54.3 Å². The molecule has 6 nitrogen and oxygen atoms in total. The van der Waals surface area contributed by atoms with Gasteiger partial charge < -0.3 is 19.5 Å². The zero-order valence-electron chi connectivity index (χ0n) is 12.2. The van der Waals surface area contributed by atoms with Gasteiger partial charge in [0, 0.05) is 12.1 Å². The number of amides is 1. The fourth-order valence-corrected chi connectivity index (χ4v) is 2.36. The van der Waals surface area contributed by atoms with Crippen molar-refractivity contribution in [2.24, 2.45) is 5.92 Å². The van der Waals surface area contributed by atoms with E-state index in [1.54, 1.807) is 24.3 Å². The lowest BCUT2D eigenvalue weighted by molar-refractivity contribution is -0.154. The summed E-state index contributed by atoms with van der Waals surface area (Å²) in [5, 5.41) is 8.97. The van der Waals surface area contributed by atoms with Gasteiger partial charge >= 0.3 is 5.97 Å². The highest BCUT2D eigenvalue weighted by atomic mass is 16.5. The number of nitrogens with zero attached hydrogens (tertiary/aromatic N) is 1. The molecular weight excluding hydrogens is 286 g/mol. The molecule has 0 spiro atoms. The third-order valence-electron chi connectivity index (χ3n) is 3.91. The number of carbonyl (C=O) groups is 2. The van der Waals surface area contributed by atoms with Crippen molar-refractivity contribution in [2.45, 2.75) is 18.9 Å². The lowest BCUT2D eigenvalue weighted by atomic mass is 10.1. The zero-order valence-corrected chi connectivity index (χ0v) is 12.2. The van der Waals surface area contributed by atoms with Crippen LogP contribution >= 0.6 is 0 Å². The average Bonchev–Trinajstić information content (AvgIpc) is 3.37. The van der Waals surface area contributed by atoms with E-state index in [-0.39, 0.29) is 19.1 Å². The third-order valence-corrected chi connectivity index (χ3v) is 3.91. The van der Waals surface area contributed by atoms with Crippen molar-refractivity contribution in [1.29, 1.82) is 0 Å². The first-order chi connectivity index (χ1) is 10.6. The molecule has 1 aliphatic heterocycles. The molecule has 1 N–H and O–H groups in total. The number of benzene rings is 1. The maximum absolute atomic E-state index is 12.4. The van der Waals surface area contributed by atoms with Crippen LogP contribution in [0.3, 0.4) is 0 Å². The van der Waals surface area contributed by atoms with E-state index in [0.717, 1.165) is 12.4 Å². The maximum Gasteiger partial charge on any atom is 0.334 e. The van der Waals surface area contributed by atoms with Crippen LogP contribution in [0.25, 0.3) is 0 Å². The van der Waals surface area contributed by atoms with Gasteiger partial charge in [0.25, 0.3) is 5.91 Å². The van der Waals surface area contributed by atoms with Crippen LogP contribution in [0.5, 0.6) is 5.75 Å². The molecule has 1 aromatic carbocycles. The topological polar surface area (TPSA) is 76.1 Å². The number of rotatable bonds is 5. The molecule has 1 aromatic rings. The molecule has 6 heteroatoms. The van der Waals surface area contributed by atoms with Crippen LogP contribution in [0, 0.1) is 5.92 Å². The largest absolute Gasteiger partial charge is 0.493 e. The van der Waals surface area contributed by atoms with Crippen LogP contribution in [0.1, 0.15) is 23.2 Å². The predicted octanol–water partition coefficient (Wildman–Crippen LogP) is 1.40. The van der Waals surface area contributed by atoms with Gasteiger partial charge in [-0.1, -0.05) is 0 Å². The first kappa shape index (κ1) is 14.8. The Morgan fingerprint density at radius 3 is 2.64 bits per heavy atom. The molecule has 1 amide bonds. The number of carbonyl (C=O) groups excluding carboxylic acids is 1. The Bertz CT molecular complexity index is 552. The fraction of sp³-hybridized carbons (Fsp3) is 0.500. The molecule has 3 rings (SSSR count). The molecule has 0 unspecified atom stereocenters. The zero-order chi connectivity index (χ0) is 15.5. The number of hydrogen-bond acceptors (Lipinski definition) is 4. The molecule has 22 heavy (non-hydrogen) atoms. The lowest BCUT2D eigenvalue weighted by Crippen LogP contribution is -2.48. The number of aliphatic carboxylic acids is 1. The summed E-state index contributed by atoms with van der Waals surface area (Å²) < 4.78 is 10.8. The minimum atomic E-state index is -1.04. The molecular formula is C16H19NO5. The van der Waals surface area contributed by atoms with Gasteiger partial charge in [0.1, 0.15) is 5.75 Å². The van der Waals surface area contributed by atoms with Gasteiger partial charge in [-0.2, -0.15) is 0 Å². The molecule has 0 bridgehead atoms. The number of hydrogen-bond donors (Lipinski definition) is 1. The minimum Gasteiger partial charge on any atom is -0.493 e.